The SMILES string of the molecule is O=C(Nc1ccc(-c2ccc3nnc(-c4ccncc4)n3n2)cc1)c1cccc(F)c1. The van der Waals surface area contributed by atoms with Gasteiger partial charge >= 0.3 is 0 Å². The molecule has 1 amide bonds. The van der Waals surface area contributed by atoms with Crippen molar-refractivity contribution in [1.82, 2.24) is 24.8 Å². The summed E-state index contributed by atoms with van der Waals surface area (Å²) in [5, 5.41) is 15.8. The molecule has 3 heterocycles. The zero-order valence-corrected chi connectivity index (χ0v) is 16.1. The van der Waals surface area contributed by atoms with Crippen molar-refractivity contribution < 1.29 is 9.18 Å². The lowest BCUT2D eigenvalue weighted by Crippen LogP contribution is -2.11. The lowest BCUT2D eigenvalue weighted by Gasteiger charge is -2.07. The van der Waals surface area contributed by atoms with Crippen molar-refractivity contribution in [2.45, 2.75) is 0 Å². The fraction of sp³-hybridized carbons (Fsp3) is 0. The number of carbonyl (C=O) groups excluding carboxylic acids is 1. The van der Waals surface area contributed by atoms with Crippen LogP contribution in [0.4, 0.5) is 10.1 Å². The third-order valence-corrected chi connectivity index (χ3v) is 4.73. The van der Waals surface area contributed by atoms with Crippen molar-refractivity contribution in [2.24, 2.45) is 0 Å². The van der Waals surface area contributed by atoms with Gasteiger partial charge in [-0.3, -0.25) is 9.78 Å². The van der Waals surface area contributed by atoms with Crippen LogP contribution in [0, 0.1) is 5.82 Å². The molecule has 150 valence electrons. The smallest absolute Gasteiger partial charge is 0.255 e. The van der Waals surface area contributed by atoms with Crippen LogP contribution < -0.4 is 5.32 Å². The molecule has 0 aliphatic carbocycles. The van der Waals surface area contributed by atoms with Crippen molar-refractivity contribution in [3.8, 4) is 22.6 Å². The standard InChI is InChI=1S/C23H15FN6O/c24-18-3-1-2-17(14-18)23(31)26-19-6-4-15(5-7-19)20-8-9-21-27-28-22(30(21)29-20)16-10-12-25-13-11-16/h1-14H,(H,26,31). The van der Waals surface area contributed by atoms with E-state index in [1.54, 1.807) is 35.1 Å². The predicted molar refractivity (Wildman–Crippen MR) is 114 cm³/mol. The first-order valence-corrected chi connectivity index (χ1v) is 9.47. The van der Waals surface area contributed by atoms with Gasteiger partial charge in [-0.2, -0.15) is 9.61 Å². The van der Waals surface area contributed by atoms with Crippen LogP contribution in [0.15, 0.2) is 85.2 Å². The van der Waals surface area contributed by atoms with Gasteiger partial charge < -0.3 is 5.32 Å². The monoisotopic (exact) mass is 410 g/mol. The van der Waals surface area contributed by atoms with E-state index >= 15 is 0 Å². The second kappa shape index (κ2) is 7.75. The molecule has 5 rings (SSSR count). The van der Waals surface area contributed by atoms with Crippen molar-refractivity contribution in [3.63, 3.8) is 0 Å². The minimum absolute atomic E-state index is 0.257. The summed E-state index contributed by atoms with van der Waals surface area (Å²) in [6.07, 6.45) is 3.38. The molecule has 1 N–H and O–H groups in total. The maximum atomic E-state index is 13.3. The number of hydrogen-bond donors (Lipinski definition) is 1. The van der Waals surface area contributed by atoms with E-state index in [9.17, 15) is 9.18 Å². The summed E-state index contributed by atoms with van der Waals surface area (Å²) in [5.41, 5.74) is 3.94. The van der Waals surface area contributed by atoms with E-state index in [1.165, 1.54) is 18.2 Å². The Hall–Kier alpha value is -4.46. The molecule has 8 heteroatoms. The highest BCUT2D eigenvalue weighted by molar-refractivity contribution is 6.04. The number of rotatable bonds is 4. The molecule has 0 unspecified atom stereocenters. The number of pyridine rings is 1. The second-order valence-electron chi connectivity index (χ2n) is 6.79. The molecule has 5 aromatic rings. The van der Waals surface area contributed by atoms with Gasteiger partial charge in [-0.05, 0) is 54.6 Å². The normalized spacial score (nSPS) is 10.9. The number of halogens is 1. The lowest BCUT2D eigenvalue weighted by atomic mass is 10.1. The lowest BCUT2D eigenvalue weighted by molar-refractivity contribution is 0.102. The molecule has 7 nitrogen and oxygen atoms in total. The molecule has 0 saturated heterocycles. The number of amides is 1. The minimum Gasteiger partial charge on any atom is -0.322 e. The molecule has 0 atom stereocenters. The van der Waals surface area contributed by atoms with Crippen LogP contribution >= 0.6 is 0 Å². The fourth-order valence-corrected chi connectivity index (χ4v) is 3.18. The summed E-state index contributed by atoms with van der Waals surface area (Å²) < 4.78 is 15.0. The molecule has 0 saturated carbocycles. The largest absolute Gasteiger partial charge is 0.322 e. The molecule has 0 spiro atoms. The van der Waals surface area contributed by atoms with E-state index in [0.29, 0.717) is 17.2 Å². The molecule has 0 fully saturated rings. The first-order valence-electron chi connectivity index (χ1n) is 9.47. The van der Waals surface area contributed by atoms with Crippen LogP contribution in [-0.2, 0) is 0 Å². The van der Waals surface area contributed by atoms with E-state index in [1.807, 2.05) is 36.4 Å². The highest BCUT2D eigenvalue weighted by Crippen LogP contribution is 2.22. The van der Waals surface area contributed by atoms with E-state index in [0.717, 1.165) is 16.8 Å². The Kier molecular flexibility index (Phi) is 4.64. The fourth-order valence-electron chi connectivity index (χ4n) is 3.18. The highest BCUT2D eigenvalue weighted by Gasteiger charge is 2.11. The van der Waals surface area contributed by atoms with Gasteiger partial charge in [-0.1, -0.05) is 18.2 Å². The number of fused-ring (bicyclic) bond motifs is 1. The number of hydrogen-bond acceptors (Lipinski definition) is 5. The number of benzene rings is 2. The Balaban J connectivity index is 1.41. The zero-order valence-electron chi connectivity index (χ0n) is 16.1. The van der Waals surface area contributed by atoms with Crippen molar-refractivity contribution in [2.75, 3.05) is 5.32 Å². The Morgan fingerprint density at radius 3 is 2.45 bits per heavy atom. The van der Waals surface area contributed by atoms with Gasteiger partial charge in [-0.15, -0.1) is 10.2 Å². The summed E-state index contributed by atoms with van der Waals surface area (Å²) >= 11 is 0. The molecular formula is C23H15FN6O. The first-order chi connectivity index (χ1) is 15.2. The van der Waals surface area contributed by atoms with Gasteiger partial charge in [-0.25, -0.2) is 4.39 Å². The summed E-state index contributed by atoms with van der Waals surface area (Å²) in [6, 6.07) is 20.2. The first kappa shape index (κ1) is 18.6. The third-order valence-electron chi connectivity index (χ3n) is 4.73. The van der Waals surface area contributed by atoms with Crippen molar-refractivity contribution >= 4 is 17.2 Å². The van der Waals surface area contributed by atoms with Gasteiger partial charge in [0.15, 0.2) is 11.5 Å². The Morgan fingerprint density at radius 1 is 0.871 bits per heavy atom. The quantitative estimate of drug-likeness (QED) is 0.479. The number of carbonyl (C=O) groups is 1. The molecule has 0 radical (unpaired) electrons. The van der Waals surface area contributed by atoms with E-state index in [4.69, 9.17) is 0 Å². The Labute approximate surface area is 176 Å². The summed E-state index contributed by atoms with van der Waals surface area (Å²) in [5.74, 6) is -0.207. The molecule has 0 aliphatic heterocycles. The van der Waals surface area contributed by atoms with Crippen LogP contribution in [0.5, 0.6) is 0 Å². The second-order valence-corrected chi connectivity index (χ2v) is 6.79. The topological polar surface area (TPSA) is 85.1 Å². The minimum atomic E-state index is -0.454. The number of aromatic nitrogens is 5. The van der Waals surface area contributed by atoms with Crippen LogP contribution in [0.1, 0.15) is 10.4 Å². The van der Waals surface area contributed by atoms with Gasteiger partial charge in [0, 0.05) is 34.8 Å². The Morgan fingerprint density at radius 2 is 1.68 bits per heavy atom. The molecule has 0 aliphatic rings. The summed E-state index contributed by atoms with van der Waals surface area (Å²) in [4.78, 5) is 16.3. The molecule has 2 aromatic carbocycles. The van der Waals surface area contributed by atoms with E-state index in [2.05, 4.69) is 25.6 Å². The Bertz CT molecular complexity index is 1380. The van der Waals surface area contributed by atoms with E-state index < -0.39 is 5.82 Å². The van der Waals surface area contributed by atoms with Crippen molar-refractivity contribution in [3.05, 3.63) is 96.6 Å². The number of anilines is 1. The average molecular weight is 410 g/mol. The third kappa shape index (κ3) is 3.74. The van der Waals surface area contributed by atoms with Gasteiger partial charge in [0.25, 0.3) is 5.91 Å². The average Bonchev–Trinajstić information content (AvgIpc) is 3.23. The summed E-state index contributed by atoms with van der Waals surface area (Å²) in [7, 11) is 0. The van der Waals surface area contributed by atoms with Crippen LogP contribution in [0.2, 0.25) is 0 Å². The molecule has 0 bridgehead atoms. The predicted octanol–water partition coefficient (Wildman–Crippen LogP) is 4.24. The number of nitrogens with zero attached hydrogens (tertiary/aromatic N) is 5. The maximum absolute atomic E-state index is 13.3. The molecule has 31 heavy (non-hydrogen) atoms. The van der Waals surface area contributed by atoms with Gasteiger partial charge in [0.2, 0.25) is 0 Å². The van der Waals surface area contributed by atoms with Crippen LogP contribution in [-0.4, -0.2) is 30.7 Å². The molecular weight excluding hydrogens is 395 g/mol. The van der Waals surface area contributed by atoms with Crippen molar-refractivity contribution in [1.29, 1.82) is 0 Å². The maximum Gasteiger partial charge on any atom is 0.255 e. The zero-order chi connectivity index (χ0) is 21.2. The van der Waals surface area contributed by atoms with Crippen LogP contribution in [0.3, 0.4) is 0 Å². The van der Waals surface area contributed by atoms with E-state index in [-0.39, 0.29) is 11.5 Å². The summed E-state index contributed by atoms with van der Waals surface area (Å²) in [6.45, 7) is 0. The van der Waals surface area contributed by atoms with Gasteiger partial charge in [0.1, 0.15) is 5.82 Å². The van der Waals surface area contributed by atoms with Crippen LogP contribution in [0.25, 0.3) is 28.3 Å². The van der Waals surface area contributed by atoms with Gasteiger partial charge in [0.05, 0.1) is 5.69 Å². The highest BCUT2D eigenvalue weighted by atomic mass is 19.1. The molecule has 3 aromatic heterocycles. The number of nitrogens with one attached hydrogen (secondary N) is 1.